The highest BCUT2D eigenvalue weighted by Crippen LogP contribution is 2.37. The molecule has 0 N–H and O–H groups in total. The largest absolute Gasteiger partial charge is 0.372 e. The number of carbonyl (C=O) groups is 1. The summed E-state index contributed by atoms with van der Waals surface area (Å²) in [6.45, 7) is 11.5. The third kappa shape index (κ3) is 4.80. The van der Waals surface area contributed by atoms with Crippen LogP contribution in [-0.2, 0) is 22.4 Å². The summed E-state index contributed by atoms with van der Waals surface area (Å²) in [6.07, 6.45) is 3.08. The van der Waals surface area contributed by atoms with Crippen LogP contribution in [0.1, 0.15) is 48.8 Å². The molecule has 1 aromatic carbocycles. The molecule has 0 radical (unpaired) electrons. The fourth-order valence-corrected chi connectivity index (χ4v) is 7.57. The van der Waals surface area contributed by atoms with Crippen LogP contribution in [0.5, 0.6) is 0 Å². The maximum absolute atomic E-state index is 14.1. The lowest BCUT2D eigenvalue weighted by Gasteiger charge is -2.35. The molecule has 8 heteroatoms. The first-order valence-corrected chi connectivity index (χ1v) is 14.2. The molecule has 3 heterocycles. The summed E-state index contributed by atoms with van der Waals surface area (Å²) in [5, 5.41) is 1.36. The minimum absolute atomic E-state index is 0.0145. The van der Waals surface area contributed by atoms with Gasteiger partial charge in [0.05, 0.1) is 29.0 Å². The van der Waals surface area contributed by atoms with Gasteiger partial charge < -0.3 is 9.64 Å². The summed E-state index contributed by atoms with van der Waals surface area (Å²) in [7, 11) is 0. The Labute approximate surface area is 214 Å². The highest BCUT2D eigenvalue weighted by molar-refractivity contribution is 7.99. The zero-order chi connectivity index (χ0) is 24.9. The molecular weight excluding hydrogens is 478 g/mol. The first-order chi connectivity index (χ1) is 16.7. The van der Waals surface area contributed by atoms with E-state index in [0.717, 1.165) is 46.3 Å². The summed E-state index contributed by atoms with van der Waals surface area (Å²) >= 11 is 3.02. The van der Waals surface area contributed by atoms with E-state index in [1.54, 1.807) is 15.9 Å². The normalized spacial score (nSPS) is 22.4. The average molecular weight is 512 g/mol. The third-order valence-corrected chi connectivity index (χ3v) is 9.07. The van der Waals surface area contributed by atoms with Gasteiger partial charge in [0.1, 0.15) is 4.83 Å². The van der Waals surface area contributed by atoms with Gasteiger partial charge in [-0.25, -0.2) is 4.98 Å². The Bertz CT molecular complexity index is 1340. The third-order valence-electron chi connectivity index (χ3n) is 7.00. The molecule has 1 saturated heterocycles. The van der Waals surface area contributed by atoms with Crippen LogP contribution in [0, 0.1) is 19.8 Å². The van der Waals surface area contributed by atoms with Gasteiger partial charge in [-0.2, -0.15) is 0 Å². The second-order valence-corrected chi connectivity index (χ2v) is 12.2. The van der Waals surface area contributed by atoms with Crippen molar-refractivity contribution in [1.29, 1.82) is 0 Å². The number of benzene rings is 1. The lowest BCUT2D eigenvalue weighted by molar-refractivity contribution is -0.140. The van der Waals surface area contributed by atoms with Gasteiger partial charge in [-0.1, -0.05) is 30.8 Å². The maximum atomic E-state index is 14.1. The Kier molecular flexibility index (Phi) is 6.81. The summed E-state index contributed by atoms with van der Waals surface area (Å²) in [5.74, 6) is 0.921. The second-order valence-electron chi connectivity index (χ2n) is 10.2. The highest BCUT2D eigenvalue weighted by Gasteiger charge is 2.28. The predicted molar refractivity (Wildman–Crippen MR) is 143 cm³/mol. The van der Waals surface area contributed by atoms with Crippen molar-refractivity contribution in [1.82, 2.24) is 14.5 Å². The van der Waals surface area contributed by atoms with Crippen molar-refractivity contribution in [3.05, 3.63) is 50.1 Å². The number of hydrogen-bond donors (Lipinski definition) is 0. The van der Waals surface area contributed by atoms with Crippen molar-refractivity contribution < 1.29 is 9.53 Å². The van der Waals surface area contributed by atoms with E-state index in [0.29, 0.717) is 24.2 Å². The molecule has 2 aromatic heterocycles. The number of amides is 1. The van der Waals surface area contributed by atoms with Gasteiger partial charge in [0, 0.05) is 18.0 Å². The van der Waals surface area contributed by atoms with Gasteiger partial charge in [-0.15, -0.1) is 11.3 Å². The van der Waals surface area contributed by atoms with Gasteiger partial charge in [-0.3, -0.25) is 14.2 Å². The van der Waals surface area contributed by atoms with Gasteiger partial charge in [-0.05, 0) is 75.6 Å². The average Bonchev–Trinajstić information content (AvgIpc) is 3.16. The van der Waals surface area contributed by atoms with E-state index in [9.17, 15) is 9.59 Å². The summed E-state index contributed by atoms with van der Waals surface area (Å²) in [6, 6.07) is 6.14. The smallest absolute Gasteiger partial charge is 0.267 e. The first-order valence-electron chi connectivity index (χ1n) is 12.4. The van der Waals surface area contributed by atoms with Crippen LogP contribution in [0.15, 0.2) is 28.2 Å². The standard InChI is InChI=1S/C27H33N3O3S2/c1-15-6-8-17(3)21(10-15)30-26(32)24-20-9-7-16(2)11-22(20)35-25(24)28-27(30)34-14-23(31)29-12-18(4)33-19(5)13-29/h6,8,10,16,18-19H,7,9,11-14H2,1-5H3/t16-,18-,19-/m1/s1. The number of rotatable bonds is 4. The zero-order valence-corrected chi connectivity index (χ0v) is 22.7. The molecule has 35 heavy (non-hydrogen) atoms. The molecule has 1 aliphatic heterocycles. The molecule has 6 nitrogen and oxygen atoms in total. The molecule has 3 aromatic rings. The van der Waals surface area contributed by atoms with Gasteiger partial charge in [0.15, 0.2) is 5.16 Å². The Morgan fingerprint density at radius 1 is 1.20 bits per heavy atom. The van der Waals surface area contributed by atoms with Crippen molar-refractivity contribution in [2.45, 2.75) is 71.2 Å². The molecule has 1 aliphatic carbocycles. The SMILES string of the molecule is Cc1ccc(C)c(-n2c(SCC(=O)N3C[C@@H](C)O[C@H](C)C3)nc3sc4c(c3c2=O)CC[C@@H](C)C4)c1. The lowest BCUT2D eigenvalue weighted by atomic mass is 9.89. The van der Waals surface area contributed by atoms with E-state index in [-0.39, 0.29) is 29.4 Å². The molecule has 0 saturated carbocycles. The lowest BCUT2D eigenvalue weighted by Crippen LogP contribution is -2.48. The fraction of sp³-hybridized carbons (Fsp3) is 0.519. The summed E-state index contributed by atoms with van der Waals surface area (Å²) in [4.78, 5) is 36.2. The molecule has 0 unspecified atom stereocenters. The van der Waals surface area contributed by atoms with E-state index in [1.165, 1.54) is 22.2 Å². The van der Waals surface area contributed by atoms with Gasteiger partial charge >= 0.3 is 0 Å². The van der Waals surface area contributed by atoms with Crippen LogP contribution < -0.4 is 5.56 Å². The van der Waals surface area contributed by atoms with E-state index >= 15 is 0 Å². The number of hydrogen-bond acceptors (Lipinski definition) is 6. The molecule has 0 spiro atoms. The molecule has 5 rings (SSSR count). The van der Waals surface area contributed by atoms with Crippen LogP contribution in [0.25, 0.3) is 15.9 Å². The van der Waals surface area contributed by atoms with Crippen molar-refractivity contribution in [2.24, 2.45) is 5.92 Å². The van der Waals surface area contributed by atoms with E-state index in [2.05, 4.69) is 13.0 Å². The maximum Gasteiger partial charge on any atom is 0.267 e. The van der Waals surface area contributed by atoms with Crippen molar-refractivity contribution in [3.63, 3.8) is 0 Å². The second kappa shape index (κ2) is 9.71. The molecule has 1 fully saturated rings. The number of aromatic nitrogens is 2. The quantitative estimate of drug-likeness (QED) is 0.368. The van der Waals surface area contributed by atoms with Crippen molar-refractivity contribution in [3.8, 4) is 5.69 Å². The van der Waals surface area contributed by atoms with Crippen LogP contribution in [-0.4, -0.2) is 51.4 Å². The molecule has 2 aliphatic rings. The van der Waals surface area contributed by atoms with E-state index < -0.39 is 0 Å². The number of ether oxygens (including phenoxy) is 1. The monoisotopic (exact) mass is 511 g/mol. The molecule has 186 valence electrons. The van der Waals surface area contributed by atoms with Crippen molar-refractivity contribution >= 4 is 39.2 Å². The predicted octanol–water partition coefficient (Wildman–Crippen LogP) is 4.92. The number of morpholine rings is 1. The fourth-order valence-electron chi connectivity index (χ4n) is 5.24. The zero-order valence-electron chi connectivity index (χ0n) is 21.1. The van der Waals surface area contributed by atoms with Gasteiger partial charge in [0.2, 0.25) is 5.91 Å². The number of carbonyl (C=O) groups excluding carboxylic acids is 1. The molecular formula is C27H33N3O3S2. The van der Waals surface area contributed by atoms with Crippen LogP contribution in [0.2, 0.25) is 0 Å². The Morgan fingerprint density at radius 2 is 1.94 bits per heavy atom. The first kappa shape index (κ1) is 24.5. The van der Waals surface area contributed by atoms with Crippen LogP contribution >= 0.6 is 23.1 Å². The minimum atomic E-state index is -0.0145. The van der Waals surface area contributed by atoms with Crippen LogP contribution in [0.3, 0.4) is 0 Å². The molecule has 3 atom stereocenters. The Balaban J connectivity index is 1.57. The van der Waals surface area contributed by atoms with Crippen LogP contribution in [0.4, 0.5) is 0 Å². The van der Waals surface area contributed by atoms with Crippen molar-refractivity contribution in [2.75, 3.05) is 18.8 Å². The highest BCUT2D eigenvalue weighted by atomic mass is 32.2. The number of nitrogens with zero attached hydrogens (tertiary/aromatic N) is 3. The number of fused-ring (bicyclic) bond motifs is 3. The number of aryl methyl sites for hydroxylation is 3. The number of thiophene rings is 1. The van der Waals surface area contributed by atoms with E-state index in [1.807, 2.05) is 44.7 Å². The minimum Gasteiger partial charge on any atom is -0.372 e. The summed E-state index contributed by atoms with van der Waals surface area (Å²) in [5.41, 5.74) is 4.11. The summed E-state index contributed by atoms with van der Waals surface area (Å²) < 4.78 is 7.53. The number of thioether (sulfide) groups is 1. The molecule has 0 bridgehead atoms. The van der Waals surface area contributed by atoms with Gasteiger partial charge in [0.25, 0.3) is 5.56 Å². The Hall–Kier alpha value is -2.16. The van der Waals surface area contributed by atoms with E-state index in [4.69, 9.17) is 9.72 Å². The topological polar surface area (TPSA) is 64.4 Å². The molecule has 1 amide bonds. The Morgan fingerprint density at radius 3 is 2.69 bits per heavy atom.